The number of fused-ring (bicyclic) bond motifs is 2. The Hall–Kier alpha value is -4.33. The predicted octanol–water partition coefficient (Wildman–Crippen LogP) is 4.87. The van der Waals surface area contributed by atoms with E-state index in [1.165, 1.54) is 11.1 Å². The van der Waals surface area contributed by atoms with Gasteiger partial charge in [-0.3, -0.25) is 14.9 Å². The summed E-state index contributed by atoms with van der Waals surface area (Å²) in [6.45, 7) is 3.79. The minimum Gasteiger partial charge on any atom is -0.451 e. The van der Waals surface area contributed by atoms with E-state index in [9.17, 15) is 14.9 Å². The third-order valence-electron chi connectivity index (χ3n) is 7.20. The van der Waals surface area contributed by atoms with Crippen molar-refractivity contribution >= 4 is 33.9 Å². The summed E-state index contributed by atoms with van der Waals surface area (Å²) >= 11 is 0. The van der Waals surface area contributed by atoms with Crippen molar-refractivity contribution in [1.29, 1.82) is 0 Å². The van der Waals surface area contributed by atoms with Crippen LogP contribution in [0.3, 0.4) is 0 Å². The lowest BCUT2D eigenvalue weighted by molar-refractivity contribution is -0.384. The summed E-state index contributed by atoms with van der Waals surface area (Å²) in [5, 5.41) is 12.7. The number of anilines is 2. The standard InChI is InChI=1S/C28H26N4O4/c33-28(27-17-21-6-3-4-8-26(21)36-27)30-15-13-29(14-16-30)23-9-10-24(32(34)35)25(18-23)31-12-11-20-5-1-2-7-22(20)19-31/h1-10,17-18H,11-16,19H2. The maximum Gasteiger partial charge on any atom is 0.292 e. The molecule has 6 rings (SSSR count). The number of hydrogen-bond acceptors (Lipinski definition) is 6. The maximum absolute atomic E-state index is 13.0. The zero-order valence-corrected chi connectivity index (χ0v) is 19.8. The van der Waals surface area contributed by atoms with Gasteiger partial charge >= 0.3 is 0 Å². The smallest absolute Gasteiger partial charge is 0.292 e. The highest BCUT2D eigenvalue weighted by molar-refractivity contribution is 5.96. The zero-order chi connectivity index (χ0) is 24.6. The van der Waals surface area contributed by atoms with Gasteiger partial charge in [-0.1, -0.05) is 42.5 Å². The first-order valence-corrected chi connectivity index (χ1v) is 12.2. The van der Waals surface area contributed by atoms with Gasteiger partial charge in [-0.05, 0) is 41.8 Å². The summed E-state index contributed by atoms with van der Waals surface area (Å²) < 4.78 is 5.76. The first kappa shape index (κ1) is 22.2. The van der Waals surface area contributed by atoms with Gasteiger partial charge in [0.2, 0.25) is 0 Å². The molecule has 1 saturated heterocycles. The van der Waals surface area contributed by atoms with Crippen LogP contribution in [0, 0.1) is 10.1 Å². The van der Waals surface area contributed by atoms with Crippen LogP contribution >= 0.6 is 0 Å². The van der Waals surface area contributed by atoms with Crippen LogP contribution in [0.4, 0.5) is 17.1 Å². The number of benzene rings is 3. The zero-order valence-electron chi connectivity index (χ0n) is 19.8. The van der Waals surface area contributed by atoms with E-state index in [2.05, 4.69) is 21.9 Å². The van der Waals surface area contributed by atoms with Gasteiger partial charge in [0, 0.05) is 56.4 Å². The second kappa shape index (κ2) is 9.03. The van der Waals surface area contributed by atoms with Gasteiger partial charge in [0.1, 0.15) is 11.3 Å². The Morgan fingerprint density at radius 1 is 0.833 bits per heavy atom. The number of nitrogens with zero attached hydrogens (tertiary/aromatic N) is 4. The quantitative estimate of drug-likeness (QED) is 0.305. The van der Waals surface area contributed by atoms with Gasteiger partial charge in [0.25, 0.3) is 11.6 Å². The Kier molecular flexibility index (Phi) is 5.56. The normalized spacial score (nSPS) is 15.7. The average molecular weight is 483 g/mol. The van der Waals surface area contributed by atoms with Gasteiger partial charge in [-0.2, -0.15) is 0 Å². The molecule has 1 amide bonds. The Morgan fingerprint density at radius 2 is 1.58 bits per heavy atom. The number of amides is 1. The fourth-order valence-corrected chi connectivity index (χ4v) is 5.23. The Bertz CT molecular complexity index is 1420. The molecule has 8 heteroatoms. The maximum atomic E-state index is 13.0. The topological polar surface area (TPSA) is 83.1 Å². The highest BCUT2D eigenvalue weighted by Gasteiger charge is 2.28. The third-order valence-corrected chi connectivity index (χ3v) is 7.20. The molecular formula is C28H26N4O4. The van der Waals surface area contributed by atoms with Gasteiger partial charge in [0.15, 0.2) is 5.76 Å². The molecule has 4 aromatic rings. The van der Waals surface area contributed by atoms with E-state index in [-0.39, 0.29) is 16.5 Å². The molecule has 3 aromatic carbocycles. The second-order valence-electron chi connectivity index (χ2n) is 9.30. The molecule has 0 saturated carbocycles. The predicted molar refractivity (Wildman–Crippen MR) is 139 cm³/mol. The van der Waals surface area contributed by atoms with Crippen LogP contribution in [-0.2, 0) is 13.0 Å². The van der Waals surface area contributed by atoms with Crippen molar-refractivity contribution in [2.45, 2.75) is 13.0 Å². The van der Waals surface area contributed by atoms with Crippen molar-refractivity contribution in [3.63, 3.8) is 0 Å². The van der Waals surface area contributed by atoms with E-state index in [1.54, 1.807) is 12.1 Å². The molecule has 1 fully saturated rings. The van der Waals surface area contributed by atoms with E-state index < -0.39 is 0 Å². The fourth-order valence-electron chi connectivity index (χ4n) is 5.23. The Morgan fingerprint density at radius 3 is 2.36 bits per heavy atom. The monoisotopic (exact) mass is 482 g/mol. The number of furan rings is 1. The van der Waals surface area contributed by atoms with E-state index in [0.29, 0.717) is 49.8 Å². The van der Waals surface area contributed by atoms with Crippen LogP contribution in [0.15, 0.2) is 77.2 Å². The summed E-state index contributed by atoms with van der Waals surface area (Å²) in [6, 6.07) is 23.0. The molecule has 0 radical (unpaired) electrons. The van der Waals surface area contributed by atoms with Crippen LogP contribution < -0.4 is 9.80 Å². The Balaban J connectivity index is 1.19. The third kappa shape index (κ3) is 4.04. The minimum absolute atomic E-state index is 0.109. The molecule has 0 N–H and O–H groups in total. The highest BCUT2D eigenvalue weighted by Crippen LogP contribution is 2.36. The Labute approximate surface area is 208 Å². The molecule has 8 nitrogen and oxygen atoms in total. The average Bonchev–Trinajstić information content (AvgIpc) is 3.36. The molecule has 1 aromatic heterocycles. The van der Waals surface area contributed by atoms with Gasteiger partial charge in [-0.25, -0.2) is 0 Å². The largest absolute Gasteiger partial charge is 0.451 e. The van der Waals surface area contributed by atoms with Gasteiger partial charge < -0.3 is 19.1 Å². The van der Waals surface area contributed by atoms with Crippen molar-refractivity contribution in [3.8, 4) is 0 Å². The summed E-state index contributed by atoms with van der Waals surface area (Å²) in [4.78, 5) is 30.6. The number of carbonyl (C=O) groups is 1. The van der Waals surface area contributed by atoms with Gasteiger partial charge in [0.05, 0.1) is 4.92 Å². The first-order valence-electron chi connectivity index (χ1n) is 12.2. The van der Waals surface area contributed by atoms with E-state index in [0.717, 1.165) is 24.0 Å². The van der Waals surface area contributed by atoms with E-state index in [4.69, 9.17) is 4.42 Å². The van der Waals surface area contributed by atoms with Crippen molar-refractivity contribution in [2.24, 2.45) is 0 Å². The van der Waals surface area contributed by atoms with Crippen LogP contribution in [0.2, 0.25) is 0 Å². The molecule has 0 spiro atoms. The molecule has 2 aliphatic heterocycles. The SMILES string of the molecule is O=C(c1cc2ccccc2o1)N1CCN(c2ccc([N+](=O)[O-])c(N3CCc4ccccc4C3)c2)CC1. The fraction of sp³-hybridized carbons (Fsp3) is 0.250. The number of para-hydroxylation sites is 1. The van der Waals surface area contributed by atoms with Crippen LogP contribution in [0.5, 0.6) is 0 Å². The molecule has 0 bridgehead atoms. The van der Waals surface area contributed by atoms with Crippen molar-refractivity contribution < 1.29 is 14.1 Å². The van der Waals surface area contributed by atoms with Crippen LogP contribution in [0.1, 0.15) is 21.7 Å². The minimum atomic E-state index is -0.302. The molecule has 0 atom stereocenters. The molecule has 36 heavy (non-hydrogen) atoms. The lowest BCUT2D eigenvalue weighted by Gasteiger charge is -2.36. The van der Waals surface area contributed by atoms with E-state index in [1.807, 2.05) is 53.4 Å². The molecule has 2 aliphatic rings. The van der Waals surface area contributed by atoms with Crippen molar-refractivity contribution in [3.05, 3.63) is 99.8 Å². The number of carbonyl (C=O) groups excluding carboxylic acids is 1. The van der Waals surface area contributed by atoms with Crippen LogP contribution in [0.25, 0.3) is 11.0 Å². The molecule has 0 unspecified atom stereocenters. The molecular weight excluding hydrogens is 456 g/mol. The van der Waals surface area contributed by atoms with Crippen LogP contribution in [-0.4, -0.2) is 48.5 Å². The molecule has 0 aliphatic carbocycles. The lowest BCUT2D eigenvalue weighted by atomic mass is 9.99. The highest BCUT2D eigenvalue weighted by atomic mass is 16.6. The molecule has 3 heterocycles. The number of nitro benzene ring substituents is 1. The van der Waals surface area contributed by atoms with Gasteiger partial charge in [-0.15, -0.1) is 0 Å². The number of nitro groups is 1. The number of hydrogen-bond donors (Lipinski definition) is 0. The summed E-state index contributed by atoms with van der Waals surface area (Å²) in [7, 11) is 0. The number of rotatable bonds is 4. The summed E-state index contributed by atoms with van der Waals surface area (Å²) in [6.07, 6.45) is 0.861. The number of piperazine rings is 1. The van der Waals surface area contributed by atoms with E-state index >= 15 is 0 Å². The second-order valence-corrected chi connectivity index (χ2v) is 9.30. The summed E-state index contributed by atoms with van der Waals surface area (Å²) in [5.74, 6) is 0.245. The van der Waals surface area contributed by atoms with Crippen molar-refractivity contribution in [1.82, 2.24) is 4.90 Å². The summed E-state index contributed by atoms with van der Waals surface area (Å²) in [5.41, 5.74) is 4.92. The van der Waals surface area contributed by atoms with Crippen molar-refractivity contribution in [2.75, 3.05) is 42.5 Å². The lowest BCUT2D eigenvalue weighted by Crippen LogP contribution is -2.48. The first-order chi connectivity index (χ1) is 17.6. The molecule has 182 valence electrons.